The summed E-state index contributed by atoms with van der Waals surface area (Å²) in [6.07, 6.45) is 0.0686. The molecule has 0 saturated carbocycles. The summed E-state index contributed by atoms with van der Waals surface area (Å²) in [7, 11) is -4.10. The maximum atomic E-state index is 12.0. The van der Waals surface area contributed by atoms with Gasteiger partial charge in [-0.15, -0.1) is 0 Å². The molecule has 0 aromatic heterocycles. The third-order valence-corrected chi connectivity index (χ3v) is 5.40. The standard InChI is InChI=1S/C10H25O4PSi/c1-6-13-15(11,14-7-2)10-12-8-9-16(3,4)5/h6-10H2,1-5H3. The lowest BCUT2D eigenvalue weighted by atomic mass is 10.9. The van der Waals surface area contributed by atoms with Crippen LogP contribution >= 0.6 is 7.60 Å². The SMILES string of the molecule is CCOP(=O)(COCC[Si](C)(C)C)OCC. The zero-order chi connectivity index (χ0) is 12.7. The lowest BCUT2D eigenvalue weighted by molar-refractivity contribution is 0.140. The normalized spacial score (nSPS) is 13.1. The van der Waals surface area contributed by atoms with Crippen molar-refractivity contribution in [1.82, 2.24) is 0 Å². The Hall–Kier alpha value is 0.327. The van der Waals surface area contributed by atoms with E-state index in [1.54, 1.807) is 13.8 Å². The van der Waals surface area contributed by atoms with Gasteiger partial charge < -0.3 is 13.8 Å². The van der Waals surface area contributed by atoms with Crippen molar-refractivity contribution in [3.05, 3.63) is 0 Å². The molecule has 0 spiro atoms. The molecule has 0 atom stereocenters. The van der Waals surface area contributed by atoms with E-state index in [9.17, 15) is 4.57 Å². The van der Waals surface area contributed by atoms with Gasteiger partial charge in [0.05, 0.1) is 13.2 Å². The van der Waals surface area contributed by atoms with E-state index in [1.807, 2.05) is 0 Å². The highest BCUT2D eigenvalue weighted by atomic mass is 31.2. The van der Waals surface area contributed by atoms with E-state index in [2.05, 4.69) is 19.6 Å². The van der Waals surface area contributed by atoms with Crippen LogP contribution in [-0.4, -0.2) is 34.2 Å². The molecule has 0 amide bonds. The monoisotopic (exact) mass is 268 g/mol. The largest absolute Gasteiger partial charge is 0.369 e. The summed E-state index contributed by atoms with van der Waals surface area (Å²) in [6, 6.07) is 1.06. The Balaban J connectivity index is 3.90. The van der Waals surface area contributed by atoms with E-state index in [1.165, 1.54) is 0 Å². The van der Waals surface area contributed by atoms with Crippen molar-refractivity contribution in [1.29, 1.82) is 0 Å². The van der Waals surface area contributed by atoms with E-state index in [4.69, 9.17) is 13.8 Å². The van der Waals surface area contributed by atoms with Crippen molar-refractivity contribution >= 4 is 15.7 Å². The van der Waals surface area contributed by atoms with Gasteiger partial charge in [0.25, 0.3) is 0 Å². The molecule has 0 radical (unpaired) electrons. The van der Waals surface area contributed by atoms with Gasteiger partial charge in [0.1, 0.15) is 6.35 Å². The minimum Gasteiger partial charge on any atom is -0.369 e. The molecule has 0 rings (SSSR count). The molecule has 0 aliphatic rings. The molecule has 0 fully saturated rings. The Labute approximate surface area is 100 Å². The van der Waals surface area contributed by atoms with Gasteiger partial charge in [-0.2, -0.15) is 0 Å². The fraction of sp³-hybridized carbons (Fsp3) is 1.00. The fourth-order valence-corrected chi connectivity index (χ4v) is 3.18. The highest BCUT2D eigenvalue weighted by Gasteiger charge is 2.24. The Kier molecular flexibility index (Phi) is 7.77. The van der Waals surface area contributed by atoms with Crippen LogP contribution in [0.2, 0.25) is 25.7 Å². The zero-order valence-electron chi connectivity index (χ0n) is 11.1. The maximum absolute atomic E-state index is 12.0. The first-order valence-electron chi connectivity index (χ1n) is 5.79. The van der Waals surface area contributed by atoms with Crippen molar-refractivity contribution in [2.24, 2.45) is 0 Å². The topological polar surface area (TPSA) is 44.8 Å². The molecule has 98 valence electrons. The summed E-state index contributed by atoms with van der Waals surface area (Å²) >= 11 is 0. The van der Waals surface area contributed by atoms with E-state index < -0.39 is 15.7 Å². The number of hydrogen-bond acceptors (Lipinski definition) is 4. The second-order valence-corrected chi connectivity index (χ2v) is 12.4. The van der Waals surface area contributed by atoms with Crippen LogP contribution in [0.25, 0.3) is 0 Å². The molecule has 0 saturated heterocycles. The molecule has 4 nitrogen and oxygen atoms in total. The van der Waals surface area contributed by atoms with Gasteiger partial charge in [0.15, 0.2) is 0 Å². The van der Waals surface area contributed by atoms with Gasteiger partial charge >= 0.3 is 7.60 Å². The van der Waals surface area contributed by atoms with Gasteiger partial charge in [0.2, 0.25) is 0 Å². The summed E-state index contributed by atoms with van der Waals surface area (Å²) in [5, 5.41) is 0. The van der Waals surface area contributed by atoms with Crippen LogP contribution in [0.1, 0.15) is 13.8 Å². The molecule has 0 heterocycles. The maximum Gasteiger partial charge on any atom is 0.356 e. The molecular weight excluding hydrogens is 243 g/mol. The predicted octanol–water partition coefficient (Wildman–Crippen LogP) is 3.56. The van der Waals surface area contributed by atoms with E-state index in [0.29, 0.717) is 19.8 Å². The Bertz CT molecular complexity index is 217. The van der Waals surface area contributed by atoms with Gasteiger partial charge in [-0.25, -0.2) is 0 Å². The molecule has 16 heavy (non-hydrogen) atoms. The van der Waals surface area contributed by atoms with E-state index in [-0.39, 0.29) is 6.35 Å². The zero-order valence-corrected chi connectivity index (χ0v) is 13.0. The minimum absolute atomic E-state index is 0.0686. The number of hydrogen-bond donors (Lipinski definition) is 0. The average molecular weight is 268 g/mol. The van der Waals surface area contributed by atoms with Crippen molar-refractivity contribution in [3.8, 4) is 0 Å². The average Bonchev–Trinajstić information content (AvgIpc) is 2.12. The Morgan fingerprint density at radius 1 is 1.06 bits per heavy atom. The summed E-state index contributed by atoms with van der Waals surface area (Å²) in [4.78, 5) is 0. The smallest absolute Gasteiger partial charge is 0.356 e. The lowest BCUT2D eigenvalue weighted by Crippen LogP contribution is -2.21. The Morgan fingerprint density at radius 3 is 1.94 bits per heavy atom. The second kappa shape index (κ2) is 7.61. The molecule has 0 aromatic carbocycles. The van der Waals surface area contributed by atoms with E-state index in [0.717, 1.165) is 6.04 Å². The molecule has 0 aliphatic heterocycles. The van der Waals surface area contributed by atoms with Crippen LogP contribution in [0.4, 0.5) is 0 Å². The molecule has 0 aromatic rings. The van der Waals surface area contributed by atoms with Gasteiger partial charge in [0, 0.05) is 14.7 Å². The third-order valence-electron chi connectivity index (χ3n) is 1.90. The van der Waals surface area contributed by atoms with Crippen molar-refractivity contribution in [2.75, 3.05) is 26.2 Å². The molecular formula is C10H25O4PSi. The van der Waals surface area contributed by atoms with Crippen molar-refractivity contribution in [3.63, 3.8) is 0 Å². The number of ether oxygens (including phenoxy) is 1. The van der Waals surface area contributed by atoms with Gasteiger partial charge in [-0.05, 0) is 19.9 Å². The van der Waals surface area contributed by atoms with Gasteiger partial charge in [-0.3, -0.25) is 4.57 Å². The molecule has 0 aliphatic carbocycles. The summed E-state index contributed by atoms with van der Waals surface area (Å²) < 4.78 is 27.6. The van der Waals surface area contributed by atoms with Crippen LogP contribution in [0.5, 0.6) is 0 Å². The van der Waals surface area contributed by atoms with Crippen LogP contribution < -0.4 is 0 Å². The summed E-state index contributed by atoms with van der Waals surface area (Å²) in [6.45, 7) is 11.8. The molecule has 0 bridgehead atoms. The summed E-state index contributed by atoms with van der Waals surface area (Å²) in [5.74, 6) is 0. The first-order valence-corrected chi connectivity index (χ1v) is 11.2. The van der Waals surface area contributed by atoms with Crippen molar-refractivity contribution in [2.45, 2.75) is 39.5 Å². The predicted molar refractivity (Wildman–Crippen MR) is 69.8 cm³/mol. The first kappa shape index (κ1) is 16.3. The van der Waals surface area contributed by atoms with E-state index >= 15 is 0 Å². The first-order chi connectivity index (χ1) is 7.33. The fourth-order valence-electron chi connectivity index (χ4n) is 1.06. The molecule has 6 heteroatoms. The van der Waals surface area contributed by atoms with Crippen molar-refractivity contribution < 1.29 is 18.3 Å². The lowest BCUT2D eigenvalue weighted by Gasteiger charge is -2.19. The van der Waals surface area contributed by atoms with Gasteiger partial charge in [-0.1, -0.05) is 19.6 Å². The molecule has 0 N–H and O–H groups in total. The summed E-state index contributed by atoms with van der Waals surface area (Å²) in [5.41, 5.74) is 0. The quantitative estimate of drug-likeness (QED) is 0.364. The van der Waals surface area contributed by atoms with Crippen LogP contribution in [0.3, 0.4) is 0 Å². The Morgan fingerprint density at radius 2 is 1.56 bits per heavy atom. The van der Waals surface area contributed by atoms with Crippen LogP contribution in [-0.2, 0) is 18.3 Å². The number of rotatable bonds is 9. The van der Waals surface area contributed by atoms with Crippen LogP contribution in [0, 0.1) is 0 Å². The minimum atomic E-state index is -3.01. The molecule has 0 unspecified atom stereocenters. The third kappa shape index (κ3) is 8.48. The second-order valence-electron chi connectivity index (χ2n) is 4.79. The highest BCUT2D eigenvalue weighted by Crippen LogP contribution is 2.47. The van der Waals surface area contributed by atoms with Crippen LogP contribution in [0.15, 0.2) is 0 Å². The highest BCUT2D eigenvalue weighted by molar-refractivity contribution is 7.53.